The third-order valence-corrected chi connectivity index (χ3v) is 3.88. The molecule has 0 radical (unpaired) electrons. The van der Waals surface area contributed by atoms with Gasteiger partial charge in [-0.15, -0.1) is 0 Å². The van der Waals surface area contributed by atoms with Crippen molar-refractivity contribution < 1.29 is 8.42 Å². The van der Waals surface area contributed by atoms with Crippen LogP contribution < -0.4 is 4.72 Å². The van der Waals surface area contributed by atoms with Crippen LogP contribution in [-0.2, 0) is 10.0 Å². The van der Waals surface area contributed by atoms with Gasteiger partial charge in [0.1, 0.15) is 0 Å². The van der Waals surface area contributed by atoms with E-state index in [1.807, 2.05) is 6.07 Å². The molecule has 1 heterocycles. The molecule has 1 N–H and O–H groups in total. The second-order valence-corrected chi connectivity index (χ2v) is 5.47. The van der Waals surface area contributed by atoms with Crippen LogP contribution in [-0.4, -0.2) is 13.4 Å². The summed E-state index contributed by atoms with van der Waals surface area (Å²) >= 11 is 0. The van der Waals surface area contributed by atoms with E-state index in [1.54, 1.807) is 36.4 Å². The fraction of sp³-hybridized carbons (Fsp3) is 0.0769. The summed E-state index contributed by atoms with van der Waals surface area (Å²) in [5, 5.41) is 9.07. The Morgan fingerprint density at radius 2 is 1.79 bits per heavy atom. The Labute approximate surface area is 111 Å². The fourth-order valence-electron chi connectivity index (χ4n) is 1.52. The van der Waals surface area contributed by atoms with Gasteiger partial charge >= 0.3 is 0 Å². The second-order valence-electron chi connectivity index (χ2n) is 3.75. The fourth-order valence-corrected chi connectivity index (χ4v) is 2.66. The Morgan fingerprint density at radius 1 is 1.11 bits per heavy atom. The number of benzene rings is 1. The minimum Gasteiger partial charge on any atom is -0.258 e. The number of rotatable bonds is 4. The van der Waals surface area contributed by atoms with Gasteiger partial charge in [-0.3, -0.25) is 4.98 Å². The van der Waals surface area contributed by atoms with Gasteiger partial charge in [0, 0.05) is 6.20 Å². The second kappa shape index (κ2) is 5.61. The van der Waals surface area contributed by atoms with E-state index in [0.717, 1.165) is 0 Å². The summed E-state index contributed by atoms with van der Waals surface area (Å²) in [7, 11) is -3.73. The Kier molecular flexibility index (Phi) is 3.90. The van der Waals surface area contributed by atoms with Crippen molar-refractivity contribution in [3.8, 4) is 6.07 Å². The lowest BCUT2D eigenvalue weighted by atomic mass is 10.2. The van der Waals surface area contributed by atoms with E-state index in [2.05, 4.69) is 9.71 Å². The molecular formula is C13H11N3O2S. The van der Waals surface area contributed by atoms with Crippen LogP contribution in [0.25, 0.3) is 0 Å². The van der Waals surface area contributed by atoms with Crippen LogP contribution >= 0.6 is 0 Å². The number of nitrogens with zero attached hydrogens (tertiary/aromatic N) is 2. The first-order valence-electron chi connectivity index (χ1n) is 5.51. The summed E-state index contributed by atoms with van der Waals surface area (Å²) in [5.74, 6) is 0. The van der Waals surface area contributed by atoms with E-state index in [-0.39, 0.29) is 4.90 Å². The average Bonchev–Trinajstić information content (AvgIpc) is 2.47. The highest BCUT2D eigenvalue weighted by atomic mass is 32.2. The molecule has 2 rings (SSSR count). The number of hydrogen-bond acceptors (Lipinski definition) is 4. The maximum atomic E-state index is 12.1. The molecule has 0 bridgehead atoms. The molecule has 19 heavy (non-hydrogen) atoms. The van der Waals surface area contributed by atoms with Crippen LogP contribution in [0.15, 0.2) is 59.6 Å². The zero-order valence-corrected chi connectivity index (χ0v) is 10.7. The van der Waals surface area contributed by atoms with Crippen molar-refractivity contribution >= 4 is 10.0 Å². The van der Waals surface area contributed by atoms with Crippen LogP contribution in [0.4, 0.5) is 0 Å². The van der Waals surface area contributed by atoms with Crippen molar-refractivity contribution in [3.63, 3.8) is 0 Å². The highest BCUT2D eigenvalue weighted by Gasteiger charge is 2.21. The zero-order valence-electron chi connectivity index (χ0n) is 9.89. The number of nitrogens with one attached hydrogen (secondary N) is 1. The minimum atomic E-state index is -3.73. The quantitative estimate of drug-likeness (QED) is 0.917. The molecule has 0 aliphatic carbocycles. The average molecular weight is 273 g/mol. The summed E-state index contributed by atoms with van der Waals surface area (Å²) in [4.78, 5) is 4.10. The summed E-state index contributed by atoms with van der Waals surface area (Å²) < 4.78 is 26.5. The molecule has 0 aliphatic rings. The largest absolute Gasteiger partial charge is 0.258 e. The van der Waals surface area contributed by atoms with E-state index in [9.17, 15) is 8.42 Å². The number of nitriles is 1. The molecule has 1 aromatic carbocycles. The lowest BCUT2D eigenvalue weighted by Crippen LogP contribution is -2.28. The van der Waals surface area contributed by atoms with Crippen LogP contribution in [0.3, 0.4) is 0 Å². The van der Waals surface area contributed by atoms with Crippen molar-refractivity contribution in [1.82, 2.24) is 9.71 Å². The molecule has 0 fully saturated rings. The summed E-state index contributed by atoms with van der Waals surface area (Å²) in [6.07, 6.45) is 1.51. The predicted molar refractivity (Wildman–Crippen MR) is 69.4 cm³/mol. The van der Waals surface area contributed by atoms with Crippen molar-refractivity contribution in [3.05, 3.63) is 60.4 Å². The van der Waals surface area contributed by atoms with E-state index in [4.69, 9.17) is 5.26 Å². The van der Waals surface area contributed by atoms with Crippen LogP contribution in [0.2, 0.25) is 0 Å². The molecule has 1 atom stereocenters. The van der Waals surface area contributed by atoms with Crippen molar-refractivity contribution in [1.29, 1.82) is 5.26 Å². The number of aromatic nitrogens is 1. The van der Waals surface area contributed by atoms with Gasteiger partial charge in [0.15, 0.2) is 6.04 Å². The van der Waals surface area contributed by atoms with Gasteiger partial charge in [-0.25, -0.2) is 8.42 Å². The van der Waals surface area contributed by atoms with Crippen LogP contribution in [0, 0.1) is 11.3 Å². The van der Waals surface area contributed by atoms with Crippen molar-refractivity contribution in [2.75, 3.05) is 0 Å². The standard InChI is InChI=1S/C13H11N3O2S/c14-10-13(12-8-4-5-9-15-12)16-19(17,18)11-6-2-1-3-7-11/h1-9,13,16H. The van der Waals surface area contributed by atoms with Crippen LogP contribution in [0.5, 0.6) is 0 Å². The van der Waals surface area contributed by atoms with Gasteiger partial charge in [-0.05, 0) is 24.3 Å². The molecule has 5 nitrogen and oxygen atoms in total. The smallest absolute Gasteiger partial charge is 0.242 e. The molecule has 0 saturated carbocycles. The monoisotopic (exact) mass is 273 g/mol. The third-order valence-electron chi connectivity index (χ3n) is 2.44. The molecular weight excluding hydrogens is 262 g/mol. The maximum absolute atomic E-state index is 12.1. The number of sulfonamides is 1. The molecule has 96 valence electrons. The first kappa shape index (κ1) is 13.2. The lowest BCUT2D eigenvalue weighted by Gasteiger charge is -2.11. The first-order valence-corrected chi connectivity index (χ1v) is 7.00. The van der Waals surface area contributed by atoms with Crippen molar-refractivity contribution in [2.24, 2.45) is 0 Å². The minimum absolute atomic E-state index is 0.117. The number of hydrogen-bond donors (Lipinski definition) is 1. The van der Waals surface area contributed by atoms with Gasteiger partial charge in [0.25, 0.3) is 0 Å². The van der Waals surface area contributed by atoms with Gasteiger partial charge < -0.3 is 0 Å². The summed E-state index contributed by atoms with van der Waals surface area (Å²) in [6, 6.07) is 13.8. The summed E-state index contributed by atoms with van der Waals surface area (Å²) in [5.41, 5.74) is 0.365. The molecule has 0 aliphatic heterocycles. The summed E-state index contributed by atoms with van der Waals surface area (Å²) in [6.45, 7) is 0. The van der Waals surface area contributed by atoms with E-state index >= 15 is 0 Å². The Morgan fingerprint density at radius 3 is 2.37 bits per heavy atom. The molecule has 1 aromatic heterocycles. The van der Waals surface area contributed by atoms with Gasteiger partial charge in [-0.1, -0.05) is 24.3 Å². The normalized spacial score (nSPS) is 12.6. The van der Waals surface area contributed by atoms with Gasteiger partial charge in [0.05, 0.1) is 16.7 Å². The van der Waals surface area contributed by atoms with E-state index in [1.165, 1.54) is 18.3 Å². The molecule has 0 spiro atoms. The maximum Gasteiger partial charge on any atom is 0.242 e. The van der Waals surface area contributed by atoms with E-state index < -0.39 is 16.1 Å². The topological polar surface area (TPSA) is 82.9 Å². The third kappa shape index (κ3) is 3.16. The van der Waals surface area contributed by atoms with Gasteiger partial charge in [0.2, 0.25) is 10.0 Å². The molecule has 0 amide bonds. The Balaban J connectivity index is 2.28. The van der Waals surface area contributed by atoms with E-state index in [0.29, 0.717) is 5.69 Å². The van der Waals surface area contributed by atoms with Crippen molar-refractivity contribution in [2.45, 2.75) is 10.9 Å². The predicted octanol–water partition coefficient (Wildman–Crippen LogP) is 1.62. The first-order chi connectivity index (χ1) is 9.13. The highest BCUT2D eigenvalue weighted by Crippen LogP contribution is 2.14. The van der Waals surface area contributed by atoms with Crippen LogP contribution in [0.1, 0.15) is 11.7 Å². The highest BCUT2D eigenvalue weighted by molar-refractivity contribution is 7.89. The Bertz CT molecular complexity index is 679. The SMILES string of the molecule is N#CC(NS(=O)(=O)c1ccccc1)c1ccccn1. The zero-order chi connectivity index (χ0) is 13.7. The molecule has 1 unspecified atom stereocenters. The number of pyridine rings is 1. The Hall–Kier alpha value is -2.23. The molecule has 2 aromatic rings. The molecule has 0 saturated heterocycles. The van der Waals surface area contributed by atoms with Gasteiger partial charge in [-0.2, -0.15) is 9.98 Å². The lowest BCUT2D eigenvalue weighted by molar-refractivity contribution is 0.574. The molecule has 6 heteroatoms.